The summed E-state index contributed by atoms with van der Waals surface area (Å²) in [6.45, 7) is 7.25. The van der Waals surface area contributed by atoms with Crippen LogP contribution in [0.2, 0.25) is 0 Å². The average molecular weight is 373 g/mol. The highest BCUT2D eigenvalue weighted by molar-refractivity contribution is 6.08. The van der Waals surface area contributed by atoms with E-state index in [0.717, 1.165) is 0 Å². The molecule has 27 heavy (non-hydrogen) atoms. The van der Waals surface area contributed by atoms with Crippen LogP contribution in [-0.2, 0) is 4.74 Å². The van der Waals surface area contributed by atoms with Crippen LogP contribution in [0.5, 0.6) is 11.5 Å². The van der Waals surface area contributed by atoms with Crippen molar-refractivity contribution in [2.45, 2.75) is 27.7 Å². The number of ketones is 1. The lowest BCUT2D eigenvalue weighted by Gasteiger charge is -2.12. The van der Waals surface area contributed by atoms with Crippen LogP contribution in [0.15, 0.2) is 18.2 Å². The van der Waals surface area contributed by atoms with Gasteiger partial charge in [-0.2, -0.15) is 0 Å². The van der Waals surface area contributed by atoms with E-state index < -0.39 is 5.97 Å². The number of esters is 1. The van der Waals surface area contributed by atoms with Crippen LogP contribution >= 0.6 is 0 Å². The second-order valence-corrected chi connectivity index (χ2v) is 5.81. The van der Waals surface area contributed by atoms with Crippen molar-refractivity contribution in [3.8, 4) is 11.5 Å². The summed E-state index contributed by atoms with van der Waals surface area (Å²) in [5.41, 5.74) is 2.07. The van der Waals surface area contributed by atoms with Crippen molar-refractivity contribution in [3.63, 3.8) is 0 Å². The van der Waals surface area contributed by atoms with Crippen molar-refractivity contribution >= 4 is 18.0 Å². The molecule has 0 aliphatic rings. The van der Waals surface area contributed by atoms with Crippen LogP contribution in [0.1, 0.15) is 56.3 Å². The highest BCUT2D eigenvalue weighted by atomic mass is 16.5. The van der Waals surface area contributed by atoms with Gasteiger partial charge in [0.25, 0.3) is 0 Å². The first-order chi connectivity index (χ1) is 12.9. The topological polar surface area (TPSA) is 94.7 Å². The van der Waals surface area contributed by atoms with E-state index in [4.69, 9.17) is 14.2 Å². The van der Waals surface area contributed by atoms with Gasteiger partial charge in [-0.3, -0.25) is 9.59 Å². The van der Waals surface area contributed by atoms with Crippen LogP contribution in [0, 0.1) is 13.8 Å². The van der Waals surface area contributed by atoms with Gasteiger partial charge in [-0.25, -0.2) is 4.79 Å². The molecule has 0 bridgehead atoms. The van der Waals surface area contributed by atoms with Crippen LogP contribution < -0.4 is 9.47 Å². The SMILES string of the molecule is CCOC(=O)c1c(C)[nH]c(C)c1C(=O)COc1ccc(C=O)cc1OCC. The lowest BCUT2D eigenvalue weighted by molar-refractivity contribution is 0.0522. The summed E-state index contributed by atoms with van der Waals surface area (Å²) >= 11 is 0. The van der Waals surface area contributed by atoms with E-state index in [-0.39, 0.29) is 30.1 Å². The molecular formula is C20H23NO6. The fraction of sp³-hybridized carbons (Fsp3) is 0.350. The predicted molar refractivity (Wildman–Crippen MR) is 99.0 cm³/mol. The number of carbonyl (C=O) groups excluding carboxylic acids is 3. The minimum absolute atomic E-state index is 0.216. The van der Waals surface area contributed by atoms with E-state index in [0.29, 0.717) is 41.3 Å². The molecule has 7 nitrogen and oxygen atoms in total. The average Bonchev–Trinajstić information content (AvgIpc) is 2.94. The van der Waals surface area contributed by atoms with Crippen molar-refractivity contribution < 1.29 is 28.6 Å². The van der Waals surface area contributed by atoms with Crippen molar-refractivity contribution in [1.82, 2.24) is 4.98 Å². The summed E-state index contributed by atoms with van der Waals surface area (Å²) in [6, 6.07) is 4.70. The number of rotatable bonds is 9. The number of aromatic nitrogens is 1. The van der Waals surface area contributed by atoms with E-state index in [1.165, 1.54) is 0 Å². The summed E-state index contributed by atoms with van der Waals surface area (Å²) in [5.74, 6) is -0.185. The molecule has 1 N–H and O–H groups in total. The smallest absolute Gasteiger partial charge is 0.340 e. The molecule has 0 saturated carbocycles. The highest BCUT2D eigenvalue weighted by Gasteiger charge is 2.25. The number of nitrogens with one attached hydrogen (secondary N) is 1. The first-order valence-corrected chi connectivity index (χ1v) is 8.67. The first-order valence-electron chi connectivity index (χ1n) is 8.67. The maximum atomic E-state index is 12.7. The molecular weight excluding hydrogens is 350 g/mol. The van der Waals surface area contributed by atoms with Gasteiger partial charge in [0.15, 0.2) is 18.1 Å². The summed E-state index contributed by atoms with van der Waals surface area (Å²) in [7, 11) is 0. The minimum Gasteiger partial charge on any atom is -0.490 e. The molecule has 0 radical (unpaired) electrons. The normalized spacial score (nSPS) is 10.4. The van der Waals surface area contributed by atoms with Crippen LogP contribution in [0.4, 0.5) is 0 Å². The van der Waals surface area contributed by atoms with Crippen molar-refractivity contribution in [2.24, 2.45) is 0 Å². The molecule has 0 aliphatic heterocycles. The van der Waals surface area contributed by atoms with Gasteiger partial charge in [-0.1, -0.05) is 0 Å². The monoisotopic (exact) mass is 373 g/mol. The molecule has 0 fully saturated rings. The number of carbonyl (C=O) groups is 3. The number of ether oxygens (including phenoxy) is 3. The number of hydrogen-bond donors (Lipinski definition) is 1. The molecule has 7 heteroatoms. The Balaban J connectivity index is 2.24. The molecule has 0 spiro atoms. The van der Waals surface area contributed by atoms with E-state index in [1.54, 1.807) is 45.9 Å². The predicted octanol–water partition coefficient (Wildman–Crippen LogP) is 3.28. The zero-order chi connectivity index (χ0) is 20.0. The second kappa shape index (κ2) is 9.02. The molecule has 0 unspecified atom stereocenters. The molecule has 2 rings (SSSR count). The standard InChI is InChI=1S/C20H23NO6/c1-5-25-17-9-14(10-22)7-8-16(17)27-11-15(23)18-12(3)21-13(4)19(18)20(24)26-6-2/h7-10,21H,5-6,11H2,1-4H3. The van der Waals surface area contributed by atoms with Crippen LogP contribution in [0.25, 0.3) is 0 Å². The summed E-state index contributed by atoms with van der Waals surface area (Å²) in [5, 5.41) is 0. The van der Waals surface area contributed by atoms with Gasteiger partial charge >= 0.3 is 5.97 Å². The molecule has 144 valence electrons. The summed E-state index contributed by atoms with van der Waals surface area (Å²) < 4.78 is 16.1. The number of hydrogen-bond acceptors (Lipinski definition) is 6. The highest BCUT2D eigenvalue weighted by Crippen LogP contribution is 2.29. The second-order valence-electron chi connectivity index (χ2n) is 5.81. The Labute approximate surface area is 157 Å². The van der Waals surface area contributed by atoms with E-state index in [2.05, 4.69) is 4.98 Å². The molecule has 0 saturated heterocycles. The lowest BCUT2D eigenvalue weighted by atomic mass is 10.1. The Kier molecular flexibility index (Phi) is 6.76. The summed E-state index contributed by atoms with van der Waals surface area (Å²) in [4.78, 5) is 38.8. The Hall–Kier alpha value is -3.09. The molecule has 1 aromatic carbocycles. The van der Waals surface area contributed by atoms with Crippen LogP contribution in [0.3, 0.4) is 0 Å². The van der Waals surface area contributed by atoms with Gasteiger partial charge in [0.2, 0.25) is 5.78 Å². The Morgan fingerprint density at radius 3 is 2.33 bits per heavy atom. The number of Topliss-reactive ketones (excluding diaryl/α,β-unsaturated/α-hetero) is 1. The maximum absolute atomic E-state index is 12.7. The fourth-order valence-electron chi connectivity index (χ4n) is 2.79. The summed E-state index contributed by atoms with van der Waals surface area (Å²) in [6.07, 6.45) is 0.703. The molecule has 1 heterocycles. The van der Waals surface area contributed by atoms with Gasteiger partial charge in [-0.05, 0) is 45.9 Å². The number of H-pyrrole nitrogens is 1. The van der Waals surface area contributed by atoms with Gasteiger partial charge in [0.05, 0.1) is 24.3 Å². The molecule has 0 aliphatic carbocycles. The Morgan fingerprint density at radius 2 is 1.70 bits per heavy atom. The zero-order valence-corrected chi connectivity index (χ0v) is 15.9. The number of benzene rings is 1. The van der Waals surface area contributed by atoms with Crippen molar-refractivity contribution in [1.29, 1.82) is 0 Å². The third-order valence-corrected chi connectivity index (χ3v) is 3.90. The fourth-order valence-corrected chi connectivity index (χ4v) is 2.79. The maximum Gasteiger partial charge on any atom is 0.340 e. The van der Waals surface area contributed by atoms with Crippen LogP contribution in [-0.4, -0.2) is 42.8 Å². The molecule has 2 aromatic rings. The number of aldehydes is 1. The third kappa shape index (κ3) is 4.55. The lowest BCUT2D eigenvalue weighted by Crippen LogP contribution is -2.17. The van der Waals surface area contributed by atoms with Crippen molar-refractivity contribution in [2.75, 3.05) is 19.8 Å². The van der Waals surface area contributed by atoms with E-state index in [1.807, 2.05) is 0 Å². The Morgan fingerprint density at radius 1 is 1.00 bits per heavy atom. The van der Waals surface area contributed by atoms with Gasteiger partial charge in [0, 0.05) is 17.0 Å². The van der Waals surface area contributed by atoms with E-state index >= 15 is 0 Å². The zero-order valence-electron chi connectivity index (χ0n) is 15.9. The van der Waals surface area contributed by atoms with Gasteiger partial charge < -0.3 is 19.2 Å². The van der Waals surface area contributed by atoms with Crippen molar-refractivity contribution in [3.05, 3.63) is 46.3 Å². The van der Waals surface area contributed by atoms with Gasteiger partial charge in [0.1, 0.15) is 6.29 Å². The molecule has 0 atom stereocenters. The first kappa shape index (κ1) is 20.2. The molecule has 0 amide bonds. The largest absolute Gasteiger partial charge is 0.490 e. The molecule has 1 aromatic heterocycles. The van der Waals surface area contributed by atoms with Gasteiger partial charge in [-0.15, -0.1) is 0 Å². The van der Waals surface area contributed by atoms with E-state index in [9.17, 15) is 14.4 Å². The Bertz CT molecular complexity index is 852. The number of aromatic amines is 1. The quantitative estimate of drug-likeness (QED) is 0.412. The minimum atomic E-state index is -0.548. The number of aryl methyl sites for hydroxylation is 2. The third-order valence-electron chi connectivity index (χ3n) is 3.90.